The van der Waals surface area contributed by atoms with Crippen molar-refractivity contribution < 1.29 is 32.9 Å². The van der Waals surface area contributed by atoms with Gasteiger partial charge in [0, 0.05) is 6.42 Å². The van der Waals surface area contributed by atoms with Gasteiger partial charge in [0.05, 0.1) is 39.9 Å². The Bertz CT molecular complexity index is 1230. The summed E-state index contributed by atoms with van der Waals surface area (Å²) in [5.74, 6) is -0.193. The normalized spacial score (nSPS) is 14.3. The SMILES string of the molecule is CCCCCCCCCCC/C=C\C/C=C\CCCCCCCCCC(=O)NC(COP(=O)(O)OCC[N+](C)(C)C)C(O)/C=C/CC/C=C/CCCCCCCCCCCCCCCCCC. The summed E-state index contributed by atoms with van der Waals surface area (Å²) < 4.78 is 23.7. The number of nitrogens with one attached hydrogen (secondary N) is 1. The van der Waals surface area contributed by atoms with Crippen LogP contribution in [0.15, 0.2) is 48.6 Å². The van der Waals surface area contributed by atoms with Gasteiger partial charge in [0.15, 0.2) is 0 Å². The monoisotopic (exact) mass is 964 g/mol. The number of rotatable bonds is 52. The number of unbranched alkanes of at least 4 members (excludes halogenated alkanes) is 33. The topological polar surface area (TPSA) is 105 Å². The average Bonchev–Trinajstić information content (AvgIpc) is 3.29. The third-order valence-corrected chi connectivity index (χ3v) is 13.8. The first kappa shape index (κ1) is 65.5. The van der Waals surface area contributed by atoms with E-state index in [-0.39, 0.29) is 19.1 Å². The van der Waals surface area contributed by atoms with E-state index in [0.717, 1.165) is 51.4 Å². The van der Waals surface area contributed by atoms with Gasteiger partial charge in [-0.1, -0.05) is 242 Å². The van der Waals surface area contributed by atoms with Crippen LogP contribution in [0.1, 0.15) is 264 Å². The van der Waals surface area contributed by atoms with Crippen LogP contribution in [0.25, 0.3) is 0 Å². The molecule has 0 aliphatic heterocycles. The molecule has 8 nitrogen and oxygen atoms in total. The summed E-state index contributed by atoms with van der Waals surface area (Å²) in [7, 11) is 1.55. The fourth-order valence-electron chi connectivity index (χ4n) is 8.27. The zero-order valence-corrected chi connectivity index (χ0v) is 45.8. The molecule has 0 saturated heterocycles. The maximum atomic E-state index is 13.0. The van der Waals surface area contributed by atoms with Crippen LogP contribution in [0, 0.1) is 0 Å². The van der Waals surface area contributed by atoms with Gasteiger partial charge in [0.2, 0.25) is 5.91 Å². The molecule has 0 aliphatic rings. The summed E-state index contributed by atoms with van der Waals surface area (Å²) in [4.78, 5) is 23.3. The minimum absolute atomic E-state index is 0.0537. The lowest BCUT2D eigenvalue weighted by molar-refractivity contribution is -0.870. The standard InChI is InChI=1S/C58H111N2O6P/c1-6-8-10-12-14-16-18-20-22-24-26-28-30-32-34-36-38-40-42-44-46-48-50-52-58(62)59-56(55-66-67(63,64)65-54-53-60(3,4)5)57(61)51-49-47-45-43-41-39-37-35-33-31-29-27-25-23-21-19-17-15-13-11-9-7-2/h26,28,32,34,41,43,49,51,56-57,61H,6-25,27,29-31,33,35-40,42,44-48,50,52-55H2,1-5H3,(H-,59,62,63,64)/p+1/b28-26-,34-32-,43-41+,51-49+. The lowest BCUT2D eigenvalue weighted by Gasteiger charge is -2.25. The summed E-state index contributed by atoms with van der Waals surface area (Å²) in [5, 5.41) is 13.9. The number of carbonyl (C=O) groups is 1. The number of hydrogen-bond acceptors (Lipinski definition) is 5. The van der Waals surface area contributed by atoms with Crippen molar-refractivity contribution in [3.63, 3.8) is 0 Å². The molecule has 3 unspecified atom stereocenters. The number of phosphoric acid groups is 1. The van der Waals surface area contributed by atoms with Gasteiger partial charge in [0.25, 0.3) is 0 Å². The molecular weight excluding hydrogens is 852 g/mol. The van der Waals surface area contributed by atoms with Gasteiger partial charge < -0.3 is 19.8 Å². The Morgan fingerprint density at radius 1 is 0.507 bits per heavy atom. The van der Waals surface area contributed by atoms with E-state index in [0.29, 0.717) is 17.4 Å². The van der Waals surface area contributed by atoms with Crippen LogP contribution in [-0.4, -0.2) is 73.4 Å². The van der Waals surface area contributed by atoms with Crippen molar-refractivity contribution in [2.45, 2.75) is 276 Å². The molecule has 0 rings (SSSR count). The van der Waals surface area contributed by atoms with Crippen molar-refractivity contribution in [1.29, 1.82) is 0 Å². The molecule has 0 radical (unpaired) electrons. The molecular formula is C58H112N2O6P+. The van der Waals surface area contributed by atoms with Gasteiger partial charge in [-0.05, 0) is 64.2 Å². The molecule has 0 aliphatic carbocycles. The van der Waals surface area contributed by atoms with Crippen molar-refractivity contribution in [3.8, 4) is 0 Å². The Balaban J connectivity index is 4.30. The van der Waals surface area contributed by atoms with Gasteiger partial charge >= 0.3 is 7.82 Å². The summed E-state index contributed by atoms with van der Waals surface area (Å²) in [5.41, 5.74) is 0. The van der Waals surface area contributed by atoms with Crippen molar-refractivity contribution in [3.05, 3.63) is 48.6 Å². The minimum atomic E-state index is -4.36. The lowest BCUT2D eigenvalue weighted by atomic mass is 10.0. The van der Waals surface area contributed by atoms with E-state index in [1.165, 1.54) is 193 Å². The second-order valence-electron chi connectivity index (χ2n) is 20.7. The zero-order chi connectivity index (χ0) is 49.2. The minimum Gasteiger partial charge on any atom is -0.387 e. The molecule has 0 aromatic carbocycles. The summed E-state index contributed by atoms with van der Waals surface area (Å²) >= 11 is 0. The summed E-state index contributed by atoms with van der Waals surface area (Å²) in [6.07, 6.45) is 65.0. The summed E-state index contributed by atoms with van der Waals surface area (Å²) in [6, 6.07) is -0.869. The molecule has 1 amide bonds. The van der Waals surface area contributed by atoms with E-state index in [9.17, 15) is 19.4 Å². The molecule has 0 spiro atoms. The fraction of sp³-hybridized carbons (Fsp3) is 0.845. The summed E-state index contributed by atoms with van der Waals surface area (Å²) in [6.45, 7) is 4.81. The van der Waals surface area contributed by atoms with E-state index in [1.54, 1.807) is 6.08 Å². The highest BCUT2D eigenvalue weighted by molar-refractivity contribution is 7.47. The Hall–Kier alpha value is -1.54. The third-order valence-electron chi connectivity index (χ3n) is 12.8. The molecule has 0 aromatic heterocycles. The Morgan fingerprint density at radius 2 is 0.866 bits per heavy atom. The van der Waals surface area contributed by atoms with Crippen LogP contribution < -0.4 is 5.32 Å². The van der Waals surface area contributed by atoms with Crippen LogP contribution in [0.3, 0.4) is 0 Å². The van der Waals surface area contributed by atoms with Crippen LogP contribution in [0.5, 0.6) is 0 Å². The second kappa shape index (κ2) is 49.4. The Labute approximate surface area is 416 Å². The van der Waals surface area contributed by atoms with Crippen LogP contribution in [-0.2, 0) is 18.4 Å². The fourth-order valence-corrected chi connectivity index (χ4v) is 9.00. The first-order chi connectivity index (χ1) is 32.5. The Kier molecular flexibility index (Phi) is 48.3. The number of allylic oxidation sites excluding steroid dienone is 7. The maximum Gasteiger partial charge on any atom is 0.472 e. The third kappa shape index (κ3) is 52.1. The number of aliphatic hydroxyl groups excluding tert-OH is 1. The first-order valence-corrected chi connectivity index (χ1v) is 30.0. The molecule has 3 N–H and O–H groups in total. The molecule has 0 aromatic rings. The van der Waals surface area contributed by atoms with Crippen LogP contribution in [0.4, 0.5) is 0 Å². The molecule has 67 heavy (non-hydrogen) atoms. The maximum absolute atomic E-state index is 13.0. The number of phosphoric ester groups is 1. The number of amides is 1. The number of nitrogens with zero attached hydrogens (tertiary/aromatic N) is 1. The van der Waals surface area contributed by atoms with Gasteiger partial charge in [-0.2, -0.15) is 0 Å². The Morgan fingerprint density at radius 3 is 1.28 bits per heavy atom. The van der Waals surface area contributed by atoms with Crippen molar-refractivity contribution in [2.75, 3.05) is 40.9 Å². The number of quaternary nitrogens is 1. The van der Waals surface area contributed by atoms with Crippen molar-refractivity contribution >= 4 is 13.7 Å². The van der Waals surface area contributed by atoms with E-state index in [1.807, 2.05) is 27.2 Å². The van der Waals surface area contributed by atoms with Crippen LogP contribution in [0.2, 0.25) is 0 Å². The molecule has 0 bridgehead atoms. The van der Waals surface area contributed by atoms with Gasteiger partial charge in [-0.25, -0.2) is 4.57 Å². The second-order valence-corrected chi connectivity index (χ2v) is 22.1. The number of carbonyl (C=O) groups excluding carboxylic acids is 1. The van der Waals surface area contributed by atoms with E-state index in [4.69, 9.17) is 9.05 Å². The van der Waals surface area contributed by atoms with E-state index < -0.39 is 20.0 Å². The van der Waals surface area contributed by atoms with Gasteiger partial charge in [-0.3, -0.25) is 13.8 Å². The highest BCUT2D eigenvalue weighted by Crippen LogP contribution is 2.43. The first-order valence-electron chi connectivity index (χ1n) is 28.5. The van der Waals surface area contributed by atoms with Gasteiger partial charge in [-0.15, -0.1) is 0 Å². The van der Waals surface area contributed by atoms with Crippen LogP contribution >= 0.6 is 7.82 Å². The average molecular weight is 965 g/mol. The van der Waals surface area contributed by atoms with E-state index >= 15 is 0 Å². The zero-order valence-electron chi connectivity index (χ0n) is 44.9. The van der Waals surface area contributed by atoms with Crippen molar-refractivity contribution in [1.82, 2.24) is 5.32 Å². The lowest BCUT2D eigenvalue weighted by Crippen LogP contribution is -2.45. The number of likely N-dealkylation sites (N-methyl/N-ethyl adjacent to an activating group) is 1. The van der Waals surface area contributed by atoms with Crippen molar-refractivity contribution in [2.24, 2.45) is 0 Å². The number of aliphatic hydroxyl groups is 1. The molecule has 3 atom stereocenters. The molecule has 0 heterocycles. The molecule has 0 fully saturated rings. The molecule has 394 valence electrons. The molecule has 9 heteroatoms. The smallest absolute Gasteiger partial charge is 0.387 e. The predicted octanol–water partition coefficient (Wildman–Crippen LogP) is 17.2. The quantitative estimate of drug-likeness (QED) is 0.0243. The molecule has 0 saturated carbocycles. The largest absolute Gasteiger partial charge is 0.472 e. The highest BCUT2D eigenvalue weighted by atomic mass is 31.2. The highest BCUT2D eigenvalue weighted by Gasteiger charge is 2.27. The number of hydrogen-bond donors (Lipinski definition) is 3. The van der Waals surface area contributed by atoms with Gasteiger partial charge in [0.1, 0.15) is 13.2 Å². The predicted molar refractivity (Wildman–Crippen MR) is 291 cm³/mol. The van der Waals surface area contributed by atoms with E-state index in [2.05, 4.69) is 55.6 Å².